The van der Waals surface area contributed by atoms with E-state index in [1.54, 1.807) is 13.0 Å². The molecule has 82 valence electrons. The zero-order valence-corrected chi connectivity index (χ0v) is 9.63. The van der Waals surface area contributed by atoms with Gasteiger partial charge in [-0.2, -0.15) is 4.39 Å². The molecule has 0 unspecified atom stereocenters. The van der Waals surface area contributed by atoms with E-state index in [2.05, 4.69) is 4.98 Å². The zero-order valence-electron chi connectivity index (χ0n) is 9.63. The summed E-state index contributed by atoms with van der Waals surface area (Å²) < 4.78 is 13.2. The Labute approximate surface area is 90.0 Å². The Morgan fingerprint density at radius 3 is 2.47 bits per heavy atom. The molecule has 0 saturated carbocycles. The van der Waals surface area contributed by atoms with Gasteiger partial charge in [0.2, 0.25) is 5.95 Å². The van der Waals surface area contributed by atoms with Crippen LogP contribution in [0.4, 0.5) is 4.39 Å². The summed E-state index contributed by atoms with van der Waals surface area (Å²) in [5.41, 5.74) is 7.55. The van der Waals surface area contributed by atoms with Crippen LogP contribution < -0.4 is 5.73 Å². The molecular weight excluding hydrogens is 191 g/mol. The Kier molecular flexibility index (Phi) is 3.12. The molecular formula is C12H17FN2. The van der Waals surface area contributed by atoms with E-state index in [9.17, 15) is 4.39 Å². The molecule has 0 aliphatic rings. The van der Waals surface area contributed by atoms with Gasteiger partial charge in [0.05, 0.1) is 5.69 Å². The number of hydrogen-bond acceptors (Lipinski definition) is 2. The van der Waals surface area contributed by atoms with Crippen LogP contribution in [0.5, 0.6) is 0 Å². The lowest BCUT2D eigenvalue weighted by Crippen LogP contribution is -2.12. The third-order valence-electron chi connectivity index (χ3n) is 2.06. The Morgan fingerprint density at radius 1 is 1.40 bits per heavy atom. The van der Waals surface area contributed by atoms with Crippen LogP contribution in [-0.2, 0) is 5.41 Å². The minimum absolute atomic E-state index is 0.0884. The van der Waals surface area contributed by atoms with Gasteiger partial charge in [-0.15, -0.1) is 0 Å². The highest BCUT2D eigenvalue weighted by atomic mass is 19.1. The molecule has 1 heterocycles. The van der Waals surface area contributed by atoms with E-state index in [1.165, 1.54) is 6.07 Å². The fraction of sp³-hybridized carbons (Fsp3) is 0.417. The van der Waals surface area contributed by atoms with Crippen molar-refractivity contribution in [3.05, 3.63) is 35.0 Å². The Hall–Kier alpha value is -1.38. The summed E-state index contributed by atoms with van der Waals surface area (Å²) in [6, 6.07) is 3.32. The lowest BCUT2D eigenvalue weighted by molar-refractivity contribution is 0.550. The molecule has 0 aliphatic heterocycles. The molecule has 2 N–H and O–H groups in total. The molecule has 0 radical (unpaired) electrons. The Morgan fingerprint density at radius 2 is 2.00 bits per heavy atom. The highest BCUT2D eigenvalue weighted by Crippen LogP contribution is 2.23. The standard InChI is InChI=1S/C12H17FN2/c1-8(14)5-10-6-9(12(2,3)4)7-11(13)15-10/h5-7H,14H2,1-4H3/b8-5-. The lowest BCUT2D eigenvalue weighted by atomic mass is 9.87. The van der Waals surface area contributed by atoms with E-state index in [-0.39, 0.29) is 5.41 Å². The van der Waals surface area contributed by atoms with Gasteiger partial charge in [-0.25, -0.2) is 4.98 Å². The molecule has 1 aromatic rings. The number of pyridine rings is 1. The van der Waals surface area contributed by atoms with Crippen molar-refractivity contribution < 1.29 is 4.39 Å². The van der Waals surface area contributed by atoms with Crippen molar-refractivity contribution in [3.8, 4) is 0 Å². The summed E-state index contributed by atoms with van der Waals surface area (Å²) in [7, 11) is 0. The van der Waals surface area contributed by atoms with Gasteiger partial charge in [0.25, 0.3) is 0 Å². The molecule has 0 amide bonds. The first-order chi connectivity index (χ1) is 6.79. The van der Waals surface area contributed by atoms with Crippen LogP contribution in [0.25, 0.3) is 6.08 Å². The number of rotatable bonds is 1. The van der Waals surface area contributed by atoms with Crippen LogP contribution in [-0.4, -0.2) is 4.98 Å². The number of allylic oxidation sites excluding steroid dienone is 1. The van der Waals surface area contributed by atoms with E-state index in [1.807, 2.05) is 26.8 Å². The smallest absolute Gasteiger partial charge is 0.213 e. The Balaban J connectivity index is 3.23. The van der Waals surface area contributed by atoms with Gasteiger partial charge < -0.3 is 5.73 Å². The van der Waals surface area contributed by atoms with Gasteiger partial charge in [0, 0.05) is 5.70 Å². The number of hydrogen-bond donors (Lipinski definition) is 1. The SMILES string of the molecule is C/C(N)=C/c1cc(C(C)(C)C)cc(F)n1. The van der Waals surface area contributed by atoms with Crippen molar-refractivity contribution in [1.29, 1.82) is 0 Å². The molecule has 0 aliphatic carbocycles. The second kappa shape index (κ2) is 4.01. The predicted molar refractivity (Wildman–Crippen MR) is 60.7 cm³/mol. The first kappa shape index (κ1) is 11.7. The molecule has 15 heavy (non-hydrogen) atoms. The molecule has 3 heteroatoms. The van der Waals surface area contributed by atoms with E-state index in [0.717, 1.165) is 5.56 Å². The van der Waals surface area contributed by atoms with Crippen molar-refractivity contribution in [1.82, 2.24) is 4.98 Å². The molecule has 0 bridgehead atoms. The van der Waals surface area contributed by atoms with Crippen molar-refractivity contribution in [2.45, 2.75) is 33.1 Å². The molecule has 1 aromatic heterocycles. The van der Waals surface area contributed by atoms with Crippen LogP contribution in [0.1, 0.15) is 39.0 Å². The third kappa shape index (κ3) is 3.35. The maximum absolute atomic E-state index is 13.2. The summed E-state index contributed by atoms with van der Waals surface area (Å²) in [5, 5.41) is 0. The normalized spacial score (nSPS) is 13.0. The second-order valence-corrected chi connectivity index (χ2v) is 4.74. The topological polar surface area (TPSA) is 38.9 Å². The first-order valence-corrected chi connectivity index (χ1v) is 4.91. The summed E-state index contributed by atoms with van der Waals surface area (Å²) in [5.74, 6) is -0.463. The molecule has 0 saturated heterocycles. The first-order valence-electron chi connectivity index (χ1n) is 4.91. The van der Waals surface area contributed by atoms with E-state index in [0.29, 0.717) is 11.4 Å². The van der Waals surface area contributed by atoms with Gasteiger partial charge in [0.15, 0.2) is 0 Å². The summed E-state index contributed by atoms with van der Waals surface area (Å²) in [4.78, 5) is 3.76. The number of nitrogens with zero attached hydrogens (tertiary/aromatic N) is 1. The van der Waals surface area contributed by atoms with Crippen LogP contribution in [0.15, 0.2) is 17.8 Å². The second-order valence-electron chi connectivity index (χ2n) is 4.74. The zero-order chi connectivity index (χ0) is 11.6. The average Bonchev–Trinajstić information content (AvgIpc) is 1.99. The van der Waals surface area contributed by atoms with Crippen molar-refractivity contribution in [3.63, 3.8) is 0 Å². The van der Waals surface area contributed by atoms with Crippen molar-refractivity contribution >= 4 is 6.08 Å². The molecule has 0 aromatic carbocycles. The van der Waals surface area contributed by atoms with E-state index >= 15 is 0 Å². The fourth-order valence-corrected chi connectivity index (χ4v) is 1.26. The largest absolute Gasteiger partial charge is 0.402 e. The Bertz CT molecular complexity index is 385. The fourth-order valence-electron chi connectivity index (χ4n) is 1.26. The summed E-state index contributed by atoms with van der Waals surface area (Å²) in [6.07, 6.45) is 1.66. The maximum Gasteiger partial charge on any atom is 0.213 e. The predicted octanol–water partition coefficient (Wildman–Crippen LogP) is 2.84. The van der Waals surface area contributed by atoms with Crippen molar-refractivity contribution in [2.75, 3.05) is 0 Å². The van der Waals surface area contributed by atoms with E-state index < -0.39 is 5.95 Å². The molecule has 0 atom stereocenters. The third-order valence-corrected chi connectivity index (χ3v) is 2.06. The highest BCUT2D eigenvalue weighted by molar-refractivity contribution is 5.48. The van der Waals surface area contributed by atoms with Gasteiger partial charge >= 0.3 is 0 Å². The van der Waals surface area contributed by atoms with Crippen LogP contribution >= 0.6 is 0 Å². The lowest BCUT2D eigenvalue weighted by Gasteiger charge is -2.19. The monoisotopic (exact) mass is 208 g/mol. The minimum atomic E-state index is -0.463. The maximum atomic E-state index is 13.2. The molecule has 2 nitrogen and oxygen atoms in total. The van der Waals surface area contributed by atoms with Crippen LogP contribution in [0.3, 0.4) is 0 Å². The number of aromatic nitrogens is 1. The highest BCUT2D eigenvalue weighted by Gasteiger charge is 2.15. The van der Waals surface area contributed by atoms with Gasteiger partial charge in [-0.3, -0.25) is 0 Å². The van der Waals surface area contributed by atoms with Gasteiger partial charge in [0.1, 0.15) is 0 Å². The number of halogens is 1. The molecule has 0 fully saturated rings. The van der Waals surface area contributed by atoms with Gasteiger partial charge in [-0.1, -0.05) is 20.8 Å². The van der Waals surface area contributed by atoms with Gasteiger partial charge in [-0.05, 0) is 36.1 Å². The summed E-state index contributed by atoms with van der Waals surface area (Å²) in [6.45, 7) is 7.85. The summed E-state index contributed by atoms with van der Waals surface area (Å²) >= 11 is 0. The van der Waals surface area contributed by atoms with Crippen LogP contribution in [0.2, 0.25) is 0 Å². The molecule has 0 spiro atoms. The van der Waals surface area contributed by atoms with Crippen molar-refractivity contribution in [2.24, 2.45) is 5.73 Å². The average molecular weight is 208 g/mol. The minimum Gasteiger partial charge on any atom is -0.402 e. The van der Waals surface area contributed by atoms with E-state index in [4.69, 9.17) is 5.73 Å². The number of nitrogens with two attached hydrogens (primary N) is 1. The molecule has 1 rings (SSSR count). The van der Waals surface area contributed by atoms with Crippen LogP contribution in [0, 0.1) is 5.95 Å². The quantitative estimate of drug-likeness (QED) is 0.721.